The standard InChI is InChI=1S/C21H33N3O3S/c1-4-14-28(26,27)24-9-5-6-19(16-24)21(25)23-12-10-22(11-13-23)20-15-17(2)7-8-18(20)3/h7-8,15,19H,4-6,9-14,16H2,1-3H3. The molecule has 7 heteroatoms. The molecule has 6 nitrogen and oxygen atoms in total. The Kier molecular flexibility index (Phi) is 6.65. The maximum atomic E-state index is 13.0. The van der Waals surface area contributed by atoms with Crippen molar-refractivity contribution in [1.82, 2.24) is 9.21 Å². The third-order valence-corrected chi connectivity index (χ3v) is 7.93. The summed E-state index contributed by atoms with van der Waals surface area (Å²) in [5, 5.41) is 0. The van der Waals surface area contributed by atoms with Gasteiger partial charge in [0, 0.05) is 45.0 Å². The van der Waals surface area contributed by atoms with Crippen LogP contribution in [0.2, 0.25) is 0 Å². The smallest absolute Gasteiger partial charge is 0.227 e. The highest BCUT2D eigenvalue weighted by Crippen LogP contribution is 2.25. The molecule has 1 aromatic rings. The van der Waals surface area contributed by atoms with Crippen molar-refractivity contribution in [3.05, 3.63) is 29.3 Å². The van der Waals surface area contributed by atoms with Crippen molar-refractivity contribution in [3.63, 3.8) is 0 Å². The molecule has 0 radical (unpaired) electrons. The minimum absolute atomic E-state index is 0.122. The zero-order chi connectivity index (χ0) is 20.3. The average Bonchev–Trinajstić information content (AvgIpc) is 2.69. The first-order valence-electron chi connectivity index (χ1n) is 10.4. The van der Waals surface area contributed by atoms with E-state index in [2.05, 4.69) is 36.9 Å². The Morgan fingerprint density at radius 2 is 1.82 bits per heavy atom. The van der Waals surface area contributed by atoms with Gasteiger partial charge in [-0.05, 0) is 50.3 Å². The number of aryl methyl sites for hydroxylation is 2. The zero-order valence-corrected chi connectivity index (χ0v) is 18.2. The van der Waals surface area contributed by atoms with Gasteiger partial charge in [0.1, 0.15) is 0 Å². The molecule has 1 unspecified atom stereocenters. The minimum atomic E-state index is -3.23. The molecule has 2 heterocycles. The number of rotatable bonds is 5. The summed E-state index contributed by atoms with van der Waals surface area (Å²) in [6.07, 6.45) is 2.16. The van der Waals surface area contributed by atoms with Crippen LogP contribution in [0.1, 0.15) is 37.3 Å². The lowest BCUT2D eigenvalue weighted by molar-refractivity contribution is -0.137. The van der Waals surface area contributed by atoms with Gasteiger partial charge in [-0.15, -0.1) is 0 Å². The number of piperidine rings is 1. The number of anilines is 1. The molecule has 1 atom stereocenters. The van der Waals surface area contributed by atoms with Crippen LogP contribution in [0.3, 0.4) is 0 Å². The van der Waals surface area contributed by atoms with E-state index < -0.39 is 10.0 Å². The molecule has 0 saturated carbocycles. The number of carbonyl (C=O) groups excluding carboxylic acids is 1. The number of sulfonamides is 1. The molecule has 156 valence electrons. The summed E-state index contributed by atoms with van der Waals surface area (Å²) >= 11 is 0. The minimum Gasteiger partial charge on any atom is -0.368 e. The molecule has 2 fully saturated rings. The maximum absolute atomic E-state index is 13.0. The monoisotopic (exact) mass is 407 g/mol. The van der Waals surface area contributed by atoms with Crippen LogP contribution in [0.4, 0.5) is 5.69 Å². The Balaban J connectivity index is 1.60. The summed E-state index contributed by atoms with van der Waals surface area (Å²) in [4.78, 5) is 17.3. The predicted octanol–water partition coefficient (Wildman–Crippen LogP) is 2.40. The van der Waals surface area contributed by atoms with Crippen LogP contribution in [-0.4, -0.2) is 68.6 Å². The quantitative estimate of drug-likeness (QED) is 0.752. The fourth-order valence-corrected chi connectivity index (χ4v) is 5.86. The second-order valence-electron chi connectivity index (χ2n) is 8.12. The normalized spacial score (nSPS) is 21.8. The Bertz CT molecular complexity index is 801. The molecular formula is C21H33N3O3S. The lowest BCUT2D eigenvalue weighted by Gasteiger charge is -2.40. The SMILES string of the molecule is CCCS(=O)(=O)N1CCCC(C(=O)N2CCN(c3cc(C)ccc3C)CC2)C1. The topological polar surface area (TPSA) is 60.9 Å². The van der Waals surface area contributed by atoms with Gasteiger partial charge in [0.05, 0.1) is 11.7 Å². The van der Waals surface area contributed by atoms with Gasteiger partial charge in [0.25, 0.3) is 0 Å². The van der Waals surface area contributed by atoms with Crippen LogP contribution in [0.15, 0.2) is 18.2 Å². The lowest BCUT2D eigenvalue weighted by atomic mass is 9.97. The predicted molar refractivity (Wildman–Crippen MR) is 113 cm³/mol. The first-order valence-corrected chi connectivity index (χ1v) is 12.0. The summed E-state index contributed by atoms with van der Waals surface area (Å²) in [5.41, 5.74) is 3.76. The fourth-order valence-electron chi connectivity index (χ4n) is 4.27. The number of piperazine rings is 1. The van der Waals surface area contributed by atoms with Gasteiger partial charge in [-0.2, -0.15) is 0 Å². The molecule has 28 heavy (non-hydrogen) atoms. The summed E-state index contributed by atoms with van der Waals surface area (Å²) in [7, 11) is -3.23. The summed E-state index contributed by atoms with van der Waals surface area (Å²) < 4.78 is 26.3. The Hall–Kier alpha value is -1.60. The molecule has 0 bridgehead atoms. The van der Waals surface area contributed by atoms with E-state index >= 15 is 0 Å². The number of carbonyl (C=O) groups is 1. The Morgan fingerprint density at radius 1 is 1.11 bits per heavy atom. The van der Waals surface area contributed by atoms with Crippen LogP contribution in [0.5, 0.6) is 0 Å². The van der Waals surface area contributed by atoms with Crippen molar-refractivity contribution in [2.45, 2.75) is 40.0 Å². The van der Waals surface area contributed by atoms with Gasteiger partial charge in [-0.25, -0.2) is 12.7 Å². The van der Waals surface area contributed by atoms with E-state index in [0.717, 1.165) is 25.9 Å². The summed E-state index contributed by atoms with van der Waals surface area (Å²) in [6.45, 7) is 10.0. The van der Waals surface area contributed by atoms with Crippen LogP contribution in [0, 0.1) is 19.8 Å². The van der Waals surface area contributed by atoms with Gasteiger partial charge in [-0.1, -0.05) is 19.1 Å². The first-order chi connectivity index (χ1) is 13.3. The lowest BCUT2D eigenvalue weighted by Crippen LogP contribution is -2.53. The van der Waals surface area contributed by atoms with Gasteiger partial charge < -0.3 is 9.80 Å². The van der Waals surface area contributed by atoms with E-state index in [4.69, 9.17) is 0 Å². The highest BCUT2D eigenvalue weighted by atomic mass is 32.2. The number of nitrogens with zero attached hydrogens (tertiary/aromatic N) is 3. The van der Waals surface area contributed by atoms with E-state index in [9.17, 15) is 13.2 Å². The second-order valence-corrected chi connectivity index (χ2v) is 10.2. The van der Waals surface area contributed by atoms with Crippen molar-refractivity contribution in [1.29, 1.82) is 0 Å². The van der Waals surface area contributed by atoms with E-state index in [0.29, 0.717) is 32.6 Å². The molecule has 3 rings (SSSR count). The third kappa shape index (κ3) is 4.69. The van der Waals surface area contributed by atoms with Crippen LogP contribution < -0.4 is 4.90 Å². The molecule has 0 N–H and O–H groups in total. The van der Waals surface area contributed by atoms with Crippen molar-refractivity contribution in [2.24, 2.45) is 5.92 Å². The van der Waals surface area contributed by atoms with Crippen LogP contribution >= 0.6 is 0 Å². The van der Waals surface area contributed by atoms with Crippen LogP contribution in [-0.2, 0) is 14.8 Å². The number of amides is 1. The van der Waals surface area contributed by atoms with Gasteiger partial charge in [0.15, 0.2) is 0 Å². The Labute approximate surface area is 169 Å². The number of benzene rings is 1. The maximum Gasteiger partial charge on any atom is 0.227 e. The van der Waals surface area contributed by atoms with E-state index in [-0.39, 0.29) is 17.6 Å². The average molecular weight is 408 g/mol. The Morgan fingerprint density at radius 3 is 2.50 bits per heavy atom. The zero-order valence-electron chi connectivity index (χ0n) is 17.4. The molecule has 2 aliphatic rings. The molecular weight excluding hydrogens is 374 g/mol. The van der Waals surface area contributed by atoms with E-state index in [1.165, 1.54) is 21.1 Å². The summed E-state index contributed by atoms with van der Waals surface area (Å²) in [5.74, 6) is 0.0900. The van der Waals surface area contributed by atoms with Gasteiger partial charge in [0.2, 0.25) is 15.9 Å². The van der Waals surface area contributed by atoms with Crippen molar-refractivity contribution >= 4 is 21.6 Å². The largest absolute Gasteiger partial charge is 0.368 e. The van der Waals surface area contributed by atoms with E-state index in [1.54, 1.807) is 0 Å². The summed E-state index contributed by atoms with van der Waals surface area (Å²) in [6, 6.07) is 6.49. The fraction of sp³-hybridized carbons (Fsp3) is 0.667. The highest BCUT2D eigenvalue weighted by molar-refractivity contribution is 7.89. The second kappa shape index (κ2) is 8.82. The molecule has 1 aromatic carbocycles. The highest BCUT2D eigenvalue weighted by Gasteiger charge is 2.34. The van der Waals surface area contributed by atoms with Crippen molar-refractivity contribution < 1.29 is 13.2 Å². The molecule has 0 spiro atoms. The molecule has 0 aromatic heterocycles. The molecule has 2 aliphatic heterocycles. The van der Waals surface area contributed by atoms with E-state index in [1.807, 2.05) is 11.8 Å². The molecule has 1 amide bonds. The van der Waals surface area contributed by atoms with Crippen molar-refractivity contribution in [2.75, 3.05) is 49.9 Å². The first kappa shape index (κ1) is 21.1. The molecule has 2 saturated heterocycles. The molecule has 0 aliphatic carbocycles. The van der Waals surface area contributed by atoms with Crippen LogP contribution in [0.25, 0.3) is 0 Å². The van der Waals surface area contributed by atoms with Crippen molar-refractivity contribution in [3.8, 4) is 0 Å². The van der Waals surface area contributed by atoms with Gasteiger partial charge >= 0.3 is 0 Å². The third-order valence-electron chi connectivity index (χ3n) is 5.89. The number of hydrogen-bond donors (Lipinski definition) is 0. The number of hydrogen-bond acceptors (Lipinski definition) is 4. The van der Waals surface area contributed by atoms with Gasteiger partial charge in [-0.3, -0.25) is 4.79 Å².